The fraction of sp³-hybridized carbons (Fsp3) is 0.176. The van der Waals surface area contributed by atoms with E-state index in [0.29, 0.717) is 6.42 Å². The summed E-state index contributed by atoms with van der Waals surface area (Å²) in [6.45, 7) is 5.64. The molecule has 0 fully saturated rings. The van der Waals surface area contributed by atoms with Gasteiger partial charge in [0.1, 0.15) is 0 Å². The van der Waals surface area contributed by atoms with E-state index in [9.17, 15) is 8.42 Å². The lowest BCUT2D eigenvalue weighted by Crippen LogP contribution is -2.39. The number of hydrazine groups is 1. The van der Waals surface area contributed by atoms with Gasteiger partial charge in [0.15, 0.2) is 0 Å². The largest absolute Gasteiger partial charge is 0.253 e. The van der Waals surface area contributed by atoms with E-state index >= 15 is 0 Å². The Bertz CT molecular complexity index is 710. The molecule has 2 aromatic rings. The first kappa shape index (κ1) is 16.4. The third-order valence-electron chi connectivity index (χ3n) is 3.30. The summed E-state index contributed by atoms with van der Waals surface area (Å²) in [5.74, 6) is 0. The van der Waals surface area contributed by atoms with Crippen molar-refractivity contribution in [3.8, 4) is 0 Å². The predicted octanol–water partition coefficient (Wildman–Crippen LogP) is 3.10. The molecule has 0 saturated heterocycles. The molecule has 0 aliphatic rings. The minimum Gasteiger partial charge on any atom is -0.236 e. The van der Waals surface area contributed by atoms with Crippen molar-refractivity contribution < 1.29 is 8.42 Å². The third-order valence-corrected chi connectivity index (χ3v) is 4.58. The van der Waals surface area contributed by atoms with Gasteiger partial charge in [-0.3, -0.25) is 0 Å². The lowest BCUT2D eigenvalue weighted by molar-refractivity contribution is 0.494. The quantitative estimate of drug-likeness (QED) is 0.609. The Hall–Kier alpha value is -1.95. The van der Waals surface area contributed by atoms with Crippen LogP contribution in [0.2, 0.25) is 0 Å². The van der Waals surface area contributed by atoms with Crippen molar-refractivity contribution in [1.29, 1.82) is 0 Å². The maximum Gasteiger partial charge on any atom is 0.253 e. The van der Waals surface area contributed by atoms with Crippen molar-refractivity contribution in [2.45, 2.75) is 24.3 Å². The van der Waals surface area contributed by atoms with Crippen LogP contribution in [0, 0.1) is 6.92 Å². The molecule has 1 unspecified atom stereocenters. The van der Waals surface area contributed by atoms with Gasteiger partial charge in [0.25, 0.3) is 10.0 Å². The Morgan fingerprint density at radius 1 is 1.09 bits per heavy atom. The highest BCUT2D eigenvalue weighted by molar-refractivity contribution is 7.89. The molecule has 0 aromatic heterocycles. The average molecular weight is 316 g/mol. The van der Waals surface area contributed by atoms with Crippen molar-refractivity contribution >= 4 is 10.0 Å². The summed E-state index contributed by atoms with van der Waals surface area (Å²) in [4.78, 5) is 2.69. The van der Waals surface area contributed by atoms with Gasteiger partial charge in [-0.2, -0.15) is 0 Å². The van der Waals surface area contributed by atoms with E-state index < -0.39 is 10.0 Å². The lowest BCUT2D eigenvalue weighted by atomic mass is 10.1. The molecule has 22 heavy (non-hydrogen) atoms. The number of benzene rings is 2. The van der Waals surface area contributed by atoms with Gasteiger partial charge >= 0.3 is 0 Å². The monoisotopic (exact) mass is 316 g/mol. The first-order valence-electron chi connectivity index (χ1n) is 7.03. The van der Waals surface area contributed by atoms with E-state index in [-0.39, 0.29) is 10.9 Å². The minimum absolute atomic E-state index is 0.168. The molecule has 2 aromatic carbocycles. The highest BCUT2D eigenvalue weighted by atomic mass is 32.2. The van der Waals surface area contributed by atoms with Crippen molar-refractivity contribution in [3.05, 3.63) is 78.4 Å². The molecular formula is C17H20N2O2S. The van der Waals surface area contributed by atoms with Crippen LogP contribution in [0.1, 0.15) is 23.6 Å². The van der Waals surface area contributed by atoms with Crippen LogP contribution in [0.5, 0.6) is 0 Å². The van der Waals surface area contributed by atoms with Gasteiger partial charge in [0, 0.05) is 0 Å². The Balaban J connectivity index is 2.11. The molecule has 0 heterocycles. The molecule has 0 spiro atoms. The number of aryl methyl sites for hydroxylation is 1. The third kappa shape index (κ3) is 4.27. The lowest BCUT2D eigenvalue weighted by Gasteiger charge is -2.18. The zero-order valence-corrected chi connectivity index (χ0v) is 13.3. The van der Waals surface area contributed by atoms with Crippen LogP contribution in [0.15, 0.2) is 72.1 Å². The second-order valence-corrected chi connectivity index (χ2v) is 6.73. The molecule has 1 atom stereocenters. The summed E-state index contributed by atoms with van der Waals surface area (Å²) in [6.07, 6.45) is 2.37. The topological polar surface area (TPSA) is 58.2 Å². The average Bonchev–Trinajstić information content (AvgIpc) is 2.53. The molecule has 0 aliphatic carbocycles. The van der Waals surface area contributed by atoms with Crippen LogP contribution in [-0.4, -0.2) is 8.42 Å². The molecule has 116 valence electrons. The van der Waals surface area contributed by atoms with Crippen LogP contribution in [0.25, 0.3) is 0 Å². The smallest absolute Gasteiger partial charge is 0.236 e. The number of hydrogen-bond donors (Lipinski definition) is 2. The van der Waals surface area contributed by atoms with E-state index in [1.807, 2.05) is 37.3 Å². The highest BCUT2D eigenvalue weighted by Gasteiger charge is 2.16. The number of hydrogen-bond acceptors (Lipinski definition) is 3. The molecule has 0 bridgehead atoms. The Morgan fingerprint density at radius 3 is 2.32 bits per heavy atom. The van der Waals surface area contributed by atoms with Crippen LogP contribution in [-0.2, 0) is 10.0 Å². The Labute approximate surface area is 131 Å². The summed E-state index contributed by atoms with van der Waals surface area (Å²) >= 11 is 0. The maximum absolute atomic E-state index is 12.3. The van der Waals surface area contributed by atoms with E-state index in [0.717, 1.165) is 11.1 Å². The zero-order chi connectivity index (χ0) is 16.0. The number of nitrogens with one attached hydrogen (secondary N) is 2. The van der Waals surface area contributed by atoms with Gasteiger partial charge in [-0.1, -0.05) is 54.1 Å². The summed E-state index contributed by atoms with van der Waals surface area (Å²) in [5.41, 5.74) is 4.89. The summed E-state index contributed by atoms with van der Waals surface area (Å²) in [7, 11) is -3.59. The van der Waals surface area contributed by atoms with E-state index in [1.165, 1.54) is 0 Å². The maximum atomic E-state index is 12.3. The van der Waals surface area contributed by atoms with Crippen LogP contribution < -0.4 is 10.3 Å². The molecular weight excluding hydrogens is 296 g/mol. The first-order valence-corrected chi connectivity index (χ1v) is 8.51. The van der Waals surface area contributed by atoms with Crippen molar-refractivity contribution in [2.75, 3.05) is 0 Å². The van der Waals surface area contributed by atoms with E-state index in [1.54, 1.807) is 30.3 Å². The van der Waals surface area contributed by atoms with Crippen LogP contribution in [0.3, 0.4) is 0 Å². The Morgan fingerprint density at radius 2 is 1.73 bits per heavy atom. The van der Waals surface area contributed by atoms with Crippen molar-refractivity contribution in [3.63, 3.8) is 0 Å². The van der Waals surface area contributed by atoms with E-state index in [2.05, 4.69) is 16.8 Å². The standard InChI is InChI=1S/C17H20N2O2S/c1-3-7-17(15-8-5-4-6-9-15)18-19-22(20,21)16-12-10-14(2)11-13-16/h3-6,8-13,17-19H,1,7H2,2H3. The summed E-state index contributed by atoms with van der Waals surface area (Å²) < 4.78 is 24.6. The van der Waals surface area contributed by atoms with E-state index in [4.69, 9.17) is 0 Å². The van der Waals surface area contributed by atoms with Gasteiger partial charge in [0.2, 0.25) is 0 Å². The highest BCUT2D eigenvalue weighted by Crippen LogP contribution is 2.17. The molecule has 0 saturated carbocycles. The van der Waals surface area contributed by atoms with Crippen molar-refractivity contribution in [2.24, 2.45) is 0 Å². The first-order chi connectivity index (χ1) is 10.5. The normalized spacial score (nSPS) is 12.8. The summed E-state index contributed by atoms with van der Waals surface area (Å²) in [6, 6.07) is 16.2. The zero-order valence-electron chi connectivity index (χ0n) is 12.5. The molecule has 4 nitrogen and oxygen atoms in total. The molecule has 2 rings (SSSR count). The van der Waals surface area contributed by atoms with Crippen LogP contribution in [0.4, 0.5) is 0 Å². The van der Waals surface area contributed by atoms with Gasteiger partial charge < -0.3 is 0 Å². The fourth-order valence-corrected chi connectivity index (χ4v) is 2.97. The van der Waals surface area contributed by atoms with Gasteiger partial charge in [-0.25, -0.2) is 13.8 Å². The minimum atomic E-state index is -3.59. The molecule has 2 N–H and O–H groups in total. The second-order valence-electron chi connectivity index (χ2n) is 5.05. The number of rotatable bonds is 7. The Kier molecular flexibility index (Phi) is 5.49. The molecule has 0 radical (unpaired) electrons. The van der Waals surface area contributed by atoms with Gasteiger partial charge in [-0.05, 0) is 31.0 Å². The number of sulfonamides is 1. The molecule has 0 aliphatic heterocycles. The fourth-order valence-electron chi connectivity index (χ4n) is 2.06. The van der Waals surface area contributed by atoms with Gasteiger partial charge in [0.05, 0.1) is 10.9 Å². The molecule has 5 heteroatoms. The SMILES string of the molecule is C=CCC(NNS(=O)(=O)c1ccc(C)cc1)c1ccccc1. The van der Waals surface area contributed by atoms with Crippen molar-refractivity contribution in [1.82, 2.24) is 10.3 Å². The molecule has 0 amide bonds. The van der Waals surface area contributed by atoms with Crippen LogP contribution >= 0.6 is 0 Å². The second kappa shape index (κ2) is 7.35. The van der Waals surface area contributed by atoms with Gasteiger partial charge in [-0.15, -0.1) is 11.4 Å². The predicted molar refractivity (Wildman–Crippen MR) is 88.6 cm³/mol. The summed E-state index contributed by atoms with van der Waals surface area (Å²) in [5, 5.41) is 0.